The third-order valence-corrected chi connectivity index (χ3v) is 2.75. The number of halogens is 1. The van der Waals surface area contributed by atoms with E-state index in [0.29, 0.717) is 24.7 Å². The van der Waals surface area contributed by atoms with Crippen LogP contribution in [0.2, 0.25) is 5.02 Å². The van der Waals surface area contributed by atoms with Gasteiger partial charge in [0.1, 0.15) is 5.82 Å². The van der Waals surface area contributed by atoms with Crippen LogP contribution in [-0.2, 0) is 11.2 Å². The number of hydrogen-bond donors (Lipinski definition) is 0. The second kappa shape index (κ2) is 5.15. The summed E-state index contributed by atoms with van der Waals surface area (Å²) in [5, 5.41) is 9.19. The first kappa shape index (κ1) is 11.2. The quantitative estimate of drug-likeness (QED) is 0.785. The largest absolute Gasteiger partial charge is 0.378 e. The summed E-state index contributed by atoms with van der Waals surface area (Å²) in [5.41, 5.74) is 0.851. The van der Waals surface area contributed by atoms with Crippen molar-refractivity contribution >= 4 is 17.4 Å². The van der Waals surface area contributed by atoms with Gasteiger partial charge in [-0.1, -0.05) is 11.6 Å². The van der Waals surface area contributed by atoms with Crippen molar-refractivity contribution in [2.45, 2.75) is 6.42 Å². The minimum Gasteiger partial charge on any atom is -0.378 e. The lowest BCUT2D eigenvalue weighted by molar-refractivity contribution is 0.122. The Morgan fingerprint density at radius 2 is 2.25 bits per heavy atom. The Balaban J connectivity index is 2.18. The standard InChI is InChI=1S/C11H12ClN3O/c12-10-7-9(1-2-13)8-14-11(10)15-3-5-16-6-4-15/h7-8H,1,3-6H2. The molecule has 0 bridgehead atoms. The molecule has 84 valence electrons. The Kier molecular flexibility index (Phi) is 3.60. The van der Waals surface area contributed by atoms with E-state index in [4.69, 9.17) is 21.6 Å². The number of pyridine rings is 1. The summed E-state index contributed by atoms with van der Waals surface area (Å²) in [4.78, 5) is 6.41. The molecule has 0 radical (unpaired) electrons. The molecule has 0 aromatic carbocycles. The summed E-state index contributed by atoms with van der Waals surface area (Å²) in [6.07, 6.45) is 2.05. The lowest BCUT2D eigenvalue weighted by atomic mass is 10.2. The predicted octanol–water partition coefficient (Wildman–Crippen LogP) is 1.64. The van der Waals surface area contributed by atoms with Crippen LogP contribution in [0.15, 0.2) is 12.3 Å². The third kappa shape index (κ3) is 2.43. The fourth-order valence-corrected chi connectivity index (χ4v) is 1.97. The van der Waals surface area contributed by atoms with Crippen LogP contribution in [0.4, 0.5) is 5.82 Å². The SMILES string of the molecule is N#CCc1cnc(N2CCOCC2)c(Cl)c1. The fourth-order valence-electron chi connectivity index (χ4n) is 1.67. The smallest absolute Gasteiger partial charge is 0.147 e. The Bertz CT molecular complexity index is 410. The number of nitrogens with zero attached hydrogens (tertiary/aromatic N) is 3. The van der Waals surface area contributed by atoms with E-state index in [1.54, 1.807) is 6.20 Å². The Morgan fingerprint density at radius 1 is 1.50 bits per heavy atom. The molecule has 0 spiro atoms. The maximum Gasteiger partial charge on any atom is 0.147 e. The zero-order valence-corrected chi connectivity index (χ0v) is 9.57. The molecule has 1 aromatic rings. The van der Waals surface area contributed by atoms with Crippen LogP contribution in [0.3, 0.4) is 0 Å². The summed E-state index contributed by atoms with van der Waals surface area (Å²) in [6, 6.07) is 3.89. The molecule has 1 aromatic heterocycles. The first-order chi connectivity index (χ1) is 7.81. The van der Waals surface area contributed by atoms with Crippen molar-refractivity contribution in [1.82, 2.24) is 4.98 Å². The molecule has 1 aliphatic rings. The molecule has 16 heavy (non-hydrogen) atoms. The molecule has 2 heterocycles. The van der Waals surface area contributed by atoms with Gasteiger partial charge in [-0.05, 0) is 11.6 Å². The van der Waals surface area contributed by atoms with Crippen molar-refractivity contribution in [1.29, 1.82) is 5.26 Å². The van der Waals surface area contributed by atoms with Crippen LogP contribution in [0.25, 0.3) is 0 Å². The average Bonchev–Trinajstić information content (AvgIpc) is 2.31. The van der Waals surface area contributed by atoms with Crippen molar-refractivity contribution in [2.75, 3.05) is 31.2 Å². The lowest BCUT2D eigenvalue weighted by Gasteiger charge is -2.28. The van der Waals surface area contributed by atoms with Gasteiger partial charge in [-0.15, -0.1) is 0 Å². The van der Waals surface area contributed by atoms with Crippen molar-refractivity contribution in [3.8, 4) is 6.07 Å². The maximum absolute atomic E-state index is 8.58. The number of hydrogen-bond acceptors (Lipinski definition) is 4. The van der Waals surface area contributed by atoms with Crippen LogP contribution >= 0.6 is 11.6 Å². The van der Waals surface area contributed by atoms with E-state index >= 15 is 0 Å². The highest BCUT2D eigenvalue weighted by atomic mass is 35.5. The van der Waals surface area contributed by atoms with Gasteiger partial charge in [-0.25, -0.2) is 4.98 Å². The minimum atomic E-state index is 0.343. The van der Waals surface area contributed by atoms with Crippen molar-refractivity contribution in [3.05, 3.63) is 22.8 Å². The van der Waals surface area contributed by atoms with Gasteiger partial charge in [0.15, 0.2) is 0 Å². The molecule has 1 saturated heterocycles. The van der Waals surface area contributed by atoms with Gasteiger partial charge in [-0.2, -0.15) is 5.26 Å². The molecule has 0 atom stereocenters. The normalized spacial score (nSPS) is 15.9. The van der Waals surface area contributed by atoms with Gasteiger partial charge in [0.05, 0.1) is 30.7 Å². The molecule has 0 aliphatic carbocycles. The molecule has 4 nitrogen and oxygen atoms in total. The molecule has 0 unspecified atom stereocenters. The van der Waals surface area contributed by atoms with E-state index in [1.807, 2.05) is 6.07 Å². The average molecular weight is 238 g/mol. The Morgan fingerprint density at radius 3 is 2.88 bits per heavy atom. The molecular formula is C11H12ClN3O. The molecule has 0 saturated carbocycles. The maximum atomic E-state index is 8.58. The molecule has 2 rings (SSSR count). The summed E-state index contributed by atoms with van der Waals surface area (Å²) in [5.74, 6) is 0.784. The van der Waals surface area contributed by atoms with Gasteiger partial charge < -0.3 is 9.64 Å². The number of aromatic nitrogens is 1. The molecular weight excluding hydrogens is 226 g/mol. The highest BCUT2D eigenvalue weighted by Gasteiger charge is 2.15. The summed E-state index contributed by atoms with van der Waals surface area (Å²) >= 11 is 6.14. The monoisotopic (exact) mass is 237 g/mol. The van der Waals surface area contributed by atoms with Crippen molar-refractivity contribution in [3.63, 3.8) is 0 Å². The van der Waals surface area contributed by atoms with Gasteiger partial charge in [0.2, 0.25) is 0 Å². The van der Waals surface area contributed by atoms with Crippen LogP contribution in [-0.4, -0.2) is 31.3 Å². The highest BCUT2D eigenvalue weighted by Crippen LogP contribution is 2.24. The third-order valence-electron chi connectivity index (χ3n) is 2.47. The lowest BCUT2D eigenvalue weighted by Crippen LogP contribution is -2.36. The van der Waals surface area contributed by atoms with Crippen LogP contribution in [0.1, 0.15) is 5.56 Å². The number of rotatable bonds is 2. The van der Waals surface area contributed by atoms with Crippen molar-refractivity contribution < 1.29 is 4.74 Å². The summed E-state index contributed by atoms with van der Waals surface area (Å²) in [6.45, 7) is 3.03. The fraction of sp³-hybridized carbons (Fsp3) is 0.455. The van der Waals surface area contributed by atoms with Crippen molar-refractivity contribution in [2.24, 2.45) is 0 Å². The second-order valence-corrected chi connectivity index (χ2v) is 3.99. The van der Waals surface area contributed by atoms with Gasteiger partial charge in [-0.3, -0.25) is 0 Å². The molecule has 5 heteroatoms. The summed E-state index contributed by atoms with van der Waals surface area (Å²) in [7, 11) is 0. The van der Waals surface area contributed by atoms with E-state index in [0.717, 1.165) is 24.5 Å². The predicted molar refractivity (Wildman–Crippen MR) is 61.6 cm³/mol. The van der Waals surface area contributed by atoms with Crippen LogP contribution < -0.4 is 4.90 Å². The zero-order chi connectivity index (χ0) is 11.4. The van der Waals surface area contributed by atoms with Gasteiger partial charge in [0, 0.05) is 19.3 Å². The van der Waals surface area contributed by atoms with Gasteiger partial charge >= 0.3 is 0 Å². The van der Waals surface area contributed by atoms with E-state index in [1.165, 1.54) is 0 Å². The number of nitriles is 1. The first-order valence-electron chi connectivity index (χ1n) is 5.15. The number of morpholine rings is 1. The Labute approximate surface area is 99.4 Å². The molecule has 0 amide bonds. The molecule has 1 fully saturated rings. The molecule has 1 aliphatic heterocycles. The number of ether oxygens (including phenoxy) is 1. The van der Waals surface area contributed by atoms with E-state index in [9.17, 15) is 0 Å². The minimum absolute atomic E-state index is 0.343. The summed E-state index contributed by atoms with van der Waals surface area (Å²) < 4.78 is 5.27. The highest BCUT2D eigenvalue weighted by molar-refractivity contribution is 6.33. The van der Waals surface area contributed by atoms with E-state index < -0.39 is 0 Å². The second-order valence-electron chi connectivity index (χ2n) is 3.58. The zero-order valence-electron chi connectivity index (χ0n) is 8.82. The van der Waals surface area contributed by atoms with Crippen LogP contribution in [0.5, 0.6) is 0 Å². The topological polar surface area (TPSA) is 49.2 Å². The molecule has 0 N–H and O–H groups in total. The number of anilines is 1. The van der Waals surface area contributed by atoms with E-state index in [-0.39, 0.29) is 0 Å². The van der Waals surface area contributed by atoms with E-state index in [2.05, 4.69) is 16.0 Å². The van der Waals surface area contributed by atoms with Crippen LogP contribution in [0, 0.1) is 11.3 Å². The first-order valence-corrected chi connectivity index (χ1v) is 5.53. The van der Waals surface area contributed by atoms with Gasteiger partial charge in [0.25, 0.3) is 0 Å². The Hall–Kier alpha value is -1.31.